The summed E-state index contributed by atoms with van der Waals surface area (Å²) in [6.07, 6.45) is 9.54. The van der Waals surface area contributed by atoms with Crippen molar-refractivity contribution in [2.45, 2.75) is 65.2 Å². The number of hydrogen-bond donors (Lipinski definition) is 0. The Bertz CT molecular complexity index is 1020. The molecule has 1 saturated carbocycles. The van der Waals surface area contributed by atoms with Crippen LogP contribution >= 0.6 is 0 Å². The minimum atomic E-state index is 0.568. The predicted octanol–water partition coefficient (Wildman–Crippen LogP) is 7.80. The Morgan fingerprint density at radius 1 is 0.594 bits per heavy atom. The third kappa shape index (κ3) is 6.37. The van der Waals surface area contributed by atoms with Gasteiger partial charge in [-0.25, -0.2) is 0 Å². The van der Waals surface area contributed by atoms with E-state index in [0.717, 1.165) is 30.7 Å². The van der Waals surface area contributed by atoms with Crippen molar-refractivity contribution in [3.05, 3.63) is 106 Å². The molecule has 164 valence electrons. The Morgan fingerprint density at radius 3 is 1.59 bits per heavy atom. The third-order valence-electron chi connectivity index (χ3n) is 7.02. The van der Waals surface area contributed by atoms with E-state index < -0.39 is 0 Å². The molecular weight excluding hydrogens is 384 g/mol. The van der Waals surface area contributed by atoms with E-state index in [2.05, 4.69) is 98.5 Å². The van der Waals surface area contributed by atoms with Crippen molar-refractivity contribution in [1.29, 1.82) is 0 Å². The smallest absolute Gasteiger partial charge is 0.0245 e. The maximum atomic E-state index is 3.55. The first kappa shape index (κ1) is 22.4. The predicted molar refractivity (Wildman–Crippen MR) is 137 cm³/mol. The molecule has 32 heavy (non-hydrogen) atoms. The Hall–Kier alpha value is -2.78. The molecule has 0 atom stereocenters. The lowest BCUT2D eigenvalue weighted by Crippen LogP contribution is -2.15. The molecule has 0 nitrogen and oxygen atoms in total. The molecule has 0 aliphatic heterocycles. The second-order valence-electron chi connectivity index (χ2n) is 9.40. The van der Waals surface area contributed by atoms with E-state index in [4.69, 9.17) is 0 Å². The average molecular weight is 421 g/mol. The molecule has 3 aromatic rings. The van der Waals surface area contributed by atoms with Crippen molar-refractivity contribution < 1.29 is 0 Å². The van der Waals surface area contributed by atoms with Crippen LogP contribution < -0.4 is 0 Å². The van der Waals surface area contributed by atoms with E-state index in [1.807, 2.05) is 0 Å². The van der Waals surface area contributed by atoms with Crippen LogP contribution in [0.1, 0.15) is 72.9 Å². The highest BCUT2D eigenvalue weighted by Gasteiger charge is 2.20. The molecule has 0 amide bonds. The topological polar surface area (TPSA) is 0 Å². The molecule has 1 fully saturated rings. The van der Waals surface area contributed by atoms with Crippen LogP contribution in [0.3, 0.4) is 0 Å². The largest absolute Gasteiger partial charge is 0.0945 e. The molecular formula is C32H36. The monoisotopic (exact) mass is 420 g/mol. The first-order valence-corrected chi connectivity index (χ1v) is 12.5. The number of aryl methyl sites for hydroxylation is 2. The Labute approximate surface area is 195 Å². The summed E-state index contributed by atoms with van der Waals surface area (Å²) in [5.74, 6) is 8.34. The summed E-state index contributed by atoms with van der Waals surface area (Å²) in [6, 6.07) is 27.1. The Morgan fingerprint density at radius 2 is 1.06 bits per heavy atom. The average Bonchev–Trinajstić information content (AvgIpc) is 2.85. The minimum absolute atomic E-state index is 0.568. The molecule has 1 aliphatic rings. The third-order valence-corrected chi connectivity index (χ3v) is 7.02. The lowest BCUT2D eigenvalue weighted by molar-refractivity contribution is 0.315. The second-order valence-corrected chi connectivity index (χ2v) is 9.40. The van der Waals surface area contributed by atoms with Crippen molar-refractivity contribution in [1.82, 2.24) is 0 Å². The first-order chi connectivity index (χ1) is 15.7. The van der Waals surface area contributed by atoms with E-state index >= 15 is 0 Å². The lowest BCUT2D eigenvalue weighted by atomic mass is 9.79. The highest BCUT2D eigenvalue weighted by molar-refractivity contribution is 5.36. The number of benzene rings is 3. The molecule has 0 radical (unpaired) electrons. The standard InChI is InChI=1S/C32H36/c1-3-25-5-9-27(10-6-25)11-12-28-13-17-30(18-14-28)24-32-21-19-31(20-22-32)23-29-15-7-26(4-2)8-16-29/h5-10,15-16,19-22,28,30H,3-4,13-14,17-18,23-24H2,1-2H3. The first-order valence-electron chi connectivity index (χ1n) is 12.5. The summed E-state index contributed by atoms with van der Waals surface area (Å²) in [7, 11) is 0. The van der Waals surface area contributed by atoms with Gasteiger partial charge in [0.05, 0.1) is 0 Å². The van der Waals surface area contributed by atoms with Gasteiger partial charge in [0.1, 0.15) is 0 Å². The van der Waals surface area contributed by atoms with E-state index in [1.165, 1.54) is 59.9 Å². The van der Waals surface area contributed by atoms with Crippen LogP contribution in [0.25, 0.3) is 0 Å². The van der Waals surface area contributed by atoms with Crippen molar-refractivity contribution in [3.8, 4) is 11.8 Å². The fraction of sp³-hybridized carbons (Fsp3) is 0.375. The highest BCUT2D eigenvalue weighted by Crippen LogP contribution is 2.31. The van der Waals surface area contributed by atoms with Gasteiger partial charge in [-0.15, -0.1) is 0 Å². The van der Waals surface area contributed by atoms with Crippen molar-refractivity contribution in [2.24, 2.45) is 11.8 Å². The zero-order chi connectivity index (χ0) is 22.2. The van der Waals surface area contributed by atoms with Gasteiger partial charge in [-0.1, -0.05) is 86.4 Å². The van der Waals surface area contributed by atoms with Gasteiger partial charge < -0.3 is 0 Å². The van der Waals surface area contributed by atoms with E-state index in [9.17, 15) is 0 Å². The molecule has 0 heterocycles. The maximum Gasteiger partial charge on any atom is 0.0245 e. The van der Waals surface area contributed by atoms with Crippen LogP contribution in [-0.2, 0) is 25.7 Å². The van der Waals surface area contributed by atoms with Crippen molar-refractivity contribution in [2.75, 3.05) is 0 Å². The SMILES string of the molecule is CCc1ccc(C#CC2CCC(Cc3ccc(Cc4ccc(CC)cc4)cc3)CC2)cc1. The molecule has 4 rings (SSSR count). The van der Waals surface area contributed by atoms with Crippen LogP contribution in [0.15, 0.2) is 72.8 Å². The van der Waals surface area contributed by atoms with Gasteiger partial charge in [-0.2, -0.15) is 0 Å². The van der Waals surface area contributed by atoms with Crippen LogP contribution in [0, 0.1) is 23.7 Å². The second kappa shape index (κ2) is 11.2. The highest BCUT2D eigenvalue weighted by atomic mass is 14.2. The molecule has 0 saturated heterocycles. The number of rotatable bonds is 6. The van der Waals surface area contributed by atoms with Gasteiger partial charge in [0.15, 0.2) is 0 Å². The molecule has 0 N–H and O–H groups in total. The molecule has 0 bridgehead atoms. The zero-order valence-electron chi connectivity index (χ0n) is 19.7. The van der Waals surface area contributed by atoms with Crippen LogP contribution in [-0.4, -0.2) is 0 Å². The normalized spacial score (nSPS) is 18.1. The maximum absolute atomic E-state index is 3.55. The van der Waals surface area contributed by atoms with Gasteiger partial charge in [-0.3, -0.25) is 0 Å². The molecule has 0 spiro atoms. The van der Waals surface area contributed by atoms with E-state index in [1.54, 1.807) is 0 Å². The van der Waals surface area contributed by atoms with E-state index in [-0.39, 0.29) is 0 Å². The lowest BCUT2D eigenvalue weighted by Gasteiger charge is -2.25. The molecule has 0 unspecified atom stereocenters. The van der Waals surface area contributed by atoms with Crippen molar-refractivity contribution >= 4 is 0 Å². The number of hydrogen-bond acceptors (Lipinski definition) is 0. The summed E-state index contributed by atoms with van der Waals surface area (Å²) in [4.78, 5) is 0. The van der Waals surface area contributed by atoms with Gasteiger partial charge >= 0.3 is 0 Å². The Kier molecular flexibility index (Phi) is 7.84. The fourth-order valence-electron chi connectivity index (χ4n) is 4.78. The zero-order valence-corrected chi connectivity index (χ0v) is 19.7. The molecule has 1 aliphatic carbocycles. The Balaban J connectivity index is 1.24. The van der Waals surface area contributed by atoms with Crippen LogP contribution in [0.5, 0.6) is 0 Å². The van der Waals surface area contributed by atoms with Crippen LogP contribution in [0.2, 0.25) is 0 Å². The van der Waals surface area contributed by atoms with Gasteiger partial charge in [0, 0.05) is 11.5 Å². The molecule has 0 heteroatoms. The van der Waals surface area contributed by atoms with Gasteiger partial charge in [0.25, 0.3) is 0 Å². The molecule has 0 aromatic heterocycles. The van der Waals surface area contributed by atoms with Gasteiger partial charge in [-0.05, 0) is 97.2 Å². The quantitative estimate of drug-likeness (QED) is 0.357. The van der Waals surface area contributed by atoms with Crippen molar-refractivity contribution in [3.63, 3.8) is 0 Å². The summed E-state index contributed by atoms with van der Waals surface area (Å²) in [5.41, 5.74) is 8.25. The fourth-order valence-corrected chi connectivity index (χ4v) is 4.78. The summed E-state index contributed by atoms with van der Waals surface area (Å²) in [5, 5.41) is 0. The summed E-state index contributed by atoms with van der Waals surface area (Å²) >= 11 is 0. The molecule has 3 aromatic carbocycles. The van der Waals surface area contributed by atoms with E-state index in [0.29, 0.717) is 5.92 Å². The minimum Gasteiger partial charge on any atom is -0.0945 e. The van der Waals surface area contributed by atoms with Gasteiger partial charge in [0.2, 0.25) is 0 Å². The summed E-state index contributed by atoms with van der Waals surface area (Å²) < 4.78 is 0. The van der Waals surface area contributed by atoms with Crippen LogP contribution in [0.4, 0.5) is 0 Å². The summed E-state index contributed by atoms with van der Waals surface area (Å²) in [6.45, 7) is 4.40.